The topological polar surface area (TPSA) is 49.0 Å². The molecule has 1 saturated carbocycles. The Bertz CT molecular complexity index is 909. The predicted molar refractivity (Wildman–Crippen MR) is 99.9 cm³/mol. The number of fused-ring (bicyclic) bond motifs is 1. The Morgan fingerprint density at radius 2 is 2.00 bits per heavy atom. The quantitative estimate of drug-likeness (QED) is 0.790. The van der Waals surface area contributed by atoms with Gasteiger partial charge in [-0.25, -0.2) is 13.8 Å². The molecule has 1 aromatic carbocycles. The SMILES string of the molecule is O=c1[nH]c(C2CCCCC2)nc2c1CN(Cc1c(F)ccc(Cl)c1F)CC2. The largest absolute Gasteiger partial charge is 0.310 e. The van der Waals surface area contributed by atoms with Crippen molar-refractivity contribution in [3.8, 4) is 0 Å². The van der Waals surface area contributed by atoms with Gasteiger partial charge in [0.25, 0.3) is 5.56 Å². The number of aromatic nitrogens is 2. The van der Waals surface area contributed by atoms with E-state index in [2.05, 4.69) is 4.98 Å². The van der Waals surface area contributed by atoms with Gasteiger partial charge in [0.15, 0.2) is 0 Å². The summed E-state index contributed by atoms with van der Waals surface area (Å²) in [6.45, 7) is 0.994. The zero-order valence-electron chi connectivity index (χ0n) is 15.0. The molecule has 1 aliphatic heterocycles. The third-order valence-corrected chi connectivity index (χ3v) is 5.97. The van der Waals surface area contributed by atoms with Crippen molar-refractivity contribution >= 4 is 11.6 Å². The zero-order valence-corrected chi connectivity index (χ0v) is 15.8. The molecule has 27 heavy (non-hydrogen) atoms. The van der Waals surface area contributed by atoms with E-state index in [-0.39, 0.29) is 22.7 Å². The van der Waals surface area contributed by atoms with E-state index in [1.807, 2.05) is 4.90 Å². The summed E-state index contributed by atoms with van der Waals surface area (Å²) in [6, 6.07) is 2.38. The van der Waals surface area contributed by atoms with Crippen molar-refractivity contribution in [3.63, 3.8) is 0 Å². The van der Waals surface area contributed by atoms with Crippen molar-refractivity contribution in [3.05, 3.63) is 61.8 Å². The Morgan fingerprint density at radius 1 is 1.22 bits per heavy atom. The Kier molecular flexibility index (Phi) is 5.28. The second-order valence-corrected chi connectivity index (χ2v) is 7.90. The van der Waals surface area contributed by atoms with Crippen molar-refractivity contribution < 1.29 is 8.78 Å². The Morgan fingerprint density at radius 3 is 2.78 bits per heavy atom. The van der Waals surface area contributed by atoms with Crippen LogP contribution in [0.5, 0.6) is 0 Å². The Labute approximate surface area is 161 Å². The summed E-state index contributed by atoms with van der Waals surface area (Å²) < 4.78 is 28.2. The number of nitrogens with one attached hydrogen (secondary N) is 1. The van der Waals surface area contributed by atoms with E-state index in [9.17, 15) is 13.6 Å². The molecule has 0 saturated heterocycles. The van der Waals surface area contributed by atoms with E-state index < -0.39 is 11.6 Å². The first-order valence-electron chi connectivity index (χ1n) is 9.49. The van der Waals surface area contributed by atoms with Gasteiger partial charge in [-0.1, -0.05) is 30.9 Å². The average molecular weight is 394 g/mol. The number of benzene rings is 1. The number of rotatable bonds is 3. The molecule has 7 heteroatoms. The summed E-state index contributed by atoms with van der Waals surface area (Å²) >= 11 is 5.78. The van der Waals surface area contributed by atoms with Gasteiger partial charge in [-0.2, -0.15) is 0 Å². The molecule has 1 N–H and O–H groups in total. The number of hydrogen-bond acceptors (Lipinski definition) is 3. The molecule has 0 spiro atoms. The fourth-order valence-corrected chi connectivity index (χ4v) is 4.32. The van der Waals surface area contributed by atoms with Gasteiger partial charge in [0.2, 0.25) is 0 Å². The van der Waals surface area contributed by atoms with Crippen LogP contribution in [0.15, 0.2) is 16.9 Å². The maximum Gasteiger partial charge on any atom is 0.255 e. The van der Waals surface area contributed by atoms with Gasteiger partial charge in [-0.05, 0) is 25.0 Å². The normalized spacial score (nSPS) is 18.5. The van der Waals surface area contributed by atoms with Crippen LogP contribution in [0.1, 0.15) is 60.7 Å². The van der Waals surface area contributed by atoms with Crippen molar-refractivity contribution in [1.29, 1.82) is 0 Å². The minimum absolute atomic E-state index is 0.0610. The predicted octanol–water partition coefficient (Wildman–Crippen LogP) is 4.31. The Hall–Kier alpha value is -1.79. The van der Waals surface area contributed by atoms with Crippen LogP contribution in [0.4, 0.5) is 8.78 Å². The highest BCUT2D eigenvalue weighted by Gasteiger charge is 2.26. The second-order valence-electron chi connectivity index (χ2n) is 7.49. The molecule has 0 radical (unpaired) electrons. The number of hydrogen-bond donors (Lipinski definition) is 1. The van der Waals surface area contributed by atoms with Crippen molar-refractivity contribution in [1.82, 2.24) is 14.9 Å². The summed E-state index contributed by atoms with van der Waals surface area (Å²) in [5, 5.41) is -0.0968. The van der Waals surface area contributed by atoms with Gasteiger partial charge in [0.1, 0.15) is 17.5 Å². The smallest absolute Gasteiger partial charge is 0.255 e. The van der Waals surface area contributed by atoms with Crippen LogP contribution in [0, 0.1) is 11.6 Å². The fourth-order valence-electron chi connectivity index (χ4n) is 4.14. The third kappa shape index (κ3) is 3.78. The van der Waals surface area contributed by atoms with Crippen LogP contribution in [0.2, 0.25) is 5.02 Å². The zero-order chi connectivity index (χ0) is 19.0. The first kappa shape index (κ1) is 18.6. The van der Waals surface area contributed by atoms with E-state index >= 15 is 0 Å². The molecule has 0 unspecified atom stereocenters. The minimum atomic E-state index is -0.734. The molecule has 2 aliphatic rings. The minimum Gasteiger partial charge on any atom is -0.310 e. The number of H-pyrrole nitrogens is 1. The highest BCUT2D eigenvalue weighted by atomic mass is 35.5. The van der Waals surface area contributed by atoms with Crippen LogP contribution in [-0.2, 0) is 19.5 Å². The molecule has 4 nitrogen and oxygen atoms in total. The lowest BCUT2D eigenvalue weighted by atomic mass is 9.88. The molecule has 1 aliphatic carbocycles. The summed E-state index contributed by atoms with van der Waals surface area (Å²) in [7, 11) is 0. The molecular weight excluding hydrogens is 372 g/mol. The molecule has 2 heterocycles. The summed E-state index contributed by atoms with van der Waals surface area (Å²) in [4.78, 5) is 22.2. The van der Waals surface area contributed by atoms with E-state index in [0.717, 1.165) is 24.4 Å². The number of aromatic amines is 1. The van der Waals surface area contributed by atoms with Crippen LogP contribution in [-0.4, -0.2) is 21.4 Å². The molecule has 144 valence electrons. The number of halogens is 3. The molecule has 0 amide bonds. The highest BCUT2D eigenvalue weighted by molar-refractivity contribution is 6.30. The maximum atomic E-state index is 14.2. The van der Waals surface area contributed by atoms with Gasteiger partial charge < -0.3 is 4.98 Å². The van der Waals surface area contributed by atoms with E-state index in [1.54, 1.807) is 0 Å². The van der Waals surface area contributed by atoms with Crippen LogP contribution in [0.3, 0.4) is 0 Å². The van der Waals surface area contributed by atoms with Crippen LogP contribution >= 0.6 is 11.6 Å². The molecular formula is C20H22ClF2N3O. The van der Waals surface area contributed by atoms with Crippen LogP contribution < -0.4 is 5.56 Å². The van der Waals surface area contributed by atoms with Gasteiger partial charge in [0.05, 0.1) is 16.3 Å². The highest BCUT2D eigenvalue weighted by Crippen LogP contribution is 2.31. The van der Waals surface area contributed by atoms with Crippen molar-refractivity contribution in [2.45, 2.75) is 57.5 Å². The van der Waals surface area contributed by atoms with Crippen molar-refractivity contribution in [2.75, 3.05) is 6.54 Å². The maximum absolute atomic E-state index is 14.2. The summed E-state index contributed by atoms with van der Waals surface area (Å²) in [5.41, 5.74) is 1.23. The van der Waals surface area contributed by atoms with Crippen LogP contribution in [0.25, 0.3) is 0 Å². The van der Waals surface area contributed by atoms with E-state index in [4.69, 9.17) is 16.6 Å². The first-order valence-corrected chi connectivity index (χ1v) is 9.87. The lowest BCUT2D eigenvalue weighted by Gasteiger charge is -2.29. The van der Waals surface area contributed by atoms with Gasteiger partial charge in [-0.3, -0.25) is 9.69 Å². The summed E-state index contributed by atoms with van der Waals surface area (Å²) in [6.07, 6.45) is 6.34. The van der Waals surface area contributed by atoms with Crippen molar-refractivity contribution in [2.24, 2.45) is 0 Å². The summed E-state index contributed by atoms with van der Waals surface area (Å²) in [5.74, 6) is -0.215. The van der Waals surface area contributed by atoms with E-state index in [0.29, 0.717) is 31.0 Å². The fraction of sp³-hybridized carbons (Fsp3) is 0.500. The second kappa shape index (κ2) is 7.68. The lowest BCUT2D eigenvalue weighted by molar-refractivity contribution is 0.234. The van der Waals surface area contributed by atoms with Gasteiger partial charge in [-0.15, -0.1) is 0 Å². The standard InChI is InChI=1S/C20H22ClF2N3O/c21-15-6-7-16(22)13(18(15)23)10-26-9-8-17-14(11-26)20(27)25-19(24-17)12-4-2-1-3-5-12/h6-7,12H,1-5,8-11H2,(H,24,25,27). The molecule has 4 rings (SSSR count). The number of nitrogens with zero attached hydrogens (tertiary/aromatic N) is 2. The molecule has 1 fully saturated rings. The van der Waals surface area contributed by atoms with Gasteiger partial charge >= 0.3 is 0 Å². The van der Waals surface area contributed by atoms with E-state index in [1.165, 1.54) is 31.4 Å². The molecule has 0 atom stereocenters. The third-order valence-electron chi connectivity index (χ3n) is 5.68. The monoisotopic (exact) mass is 393 g/mol. The first-order chi connectivity index (χ1) is 13.0. The lowest BCUT2D eigenvalue weighted by Crippen LogP contribution is -2.36. The molecule has 0 bridgehead atoms. The Balaban J connectivity index is 1.55. The molecule has 2 aromatic rings. The van der Waals surface area contributed by atoms with Gasteiger partial charge in [0, 0.05) is 37.5 Å². The average Bonchev–Trinajstić information content (AvgIpc) is 2.69. The molecule has 1 aromatic heterocycles.